The zero-order chi connectivity index (χ0) is 17.1. The van der Waals surface area contributed by atoms with Gasteiger partial charge in [0, 0.05) is 36.9 Å². The third-order valence-corrected chi connectivity index (χ3v) is 5.20. The third kappa shape index (κ3) is 3.84. The van der Waals surface area contributed by atoms with Gasteiger partial charge in [0.15, 0.2) is 0 Å². The molecule has 0 atom stereocenters. The summed E-state index contributed by atoms with van der Waals surface area (Å²) in [5.41, 5.74) is 2.02. The zero-order valence-corrected chi connectivity index (χ0v) is 14.5. The normalized spacial score (nSPS) is 15.4. The molecule has 3 heterocycles. The van der Waals surface area contributed by atoms with Crippen LogP contribution in [-0.4, -0.2) is 47.1 Å². The van der Waals surface area contributed by atoms with E-state index in [1.165, 1.54) is 23.2 Å². The topological polar surface area (TPSA) is 67.4 Å². The molecule has 7 heteroatoms. The summed E-state index contributed by atoms with van der Waals surface area (Å²) in [5, 5.41) is 3.83. The first-order valence-electron chi connectivity index (χ1n) is 8.18. The van der Waals surface area contributed by atoms with Crippen LogP contribution in [0.5, 0.6) is 0 Å². The van der Waals surface area contributed by atoms with Gasteiger partial charge in [0.25, 0.3) is 5.91 Å². The van der Waals surface area contributed by atoms with Gasteiger partial charge in [-0.25, -0.2) is 9.97 Å². The summed E-state index contributed by atoms with van der Waals surface area (Å²) < 4.78 is 5.37. The minimum atomic E-state index is -0.121. The van der Waals surface area contributed by atoms with Crippen LogP contribution >= 0.6 is 11.3 Å². The number of aromatic nitrogens is 2. The quantitative estimate of drug-likeness (QED) is 0.780. The Hall–Kier alpha value is -2.35. The smallest absolute Gasteiger partial charge is 0.265 e. The van der Waals surface area contributed by atoms with Crippen LogP contribution in [0.2, 0.25) is 0 Å². The van der Waals surface area contributed by atoms with Gasteiger partial charge in [-0.15, -0.1) is 11.3 Å². The molecular weight excluding hydrogens is 336 g/mol. The number of morpholine rings is 1. The second-order valence-electron chi connectivity index (χ2n) is 5.93. The van der Waals surface area contributed by atoms with E-state index in [4.69, 9.17) is 4.74 Å². The highest BCUT2D eigenvalue weighted by molar-refractivity contribution is 7.20. The number of benzene rings is 1. The average molecular weight is 354 g/mol. The summed E-state index contributed by atoms with van der Waals surface area (Å²) in [4.78, 5) is 24.4. The number of hydrogen-bond donors (Lipinski definition) is 1. The summed E-state index contributed by atoms with van der Waals surface area (Å²) in [5.74, 6) is -0.121. The third-order valence-electron chi connectivity index (χ3n) is 4.14. The molecule has 0 spiro atoms. The molecule has 1 fully saturated rings. The molecule has 4 rings (SSSR count). The van der Waals surface area contributed by atoms with Gasteiger partial charge < -0.3 is 10.1 Å². The molecule has 6 nitrogen and oxygen atoms in total. The molecule has 1 aliphatic rings. The van der Waals surface area contributed by atoms with Crippen molar-refractivity contribution in [3.05, 3.63) is 53.3 Å². The van der Waals surface area contributed by atoms with Crippen LogP contribution in [-0.2, 0) is 11.3 Å². The molecule has 0 unspecified atom stereocenters. The van der Waals surface area contributed by atoms with Crippen LogP contribution in [0.15, 0.2) is 42.9 Å². The SMILES string of the molecule is O=C(Nc1ccc(CN2CCOCC2)cc1)c1cc2cncnc2s1. The van der Waals surface area contributed by atoms with E-state index in [0.29, 0.717) is 4.88 Å². The van der Waals surface area contributed by atoms with E-state index in [9.17, 15) is 4.79 Å². The lowest BCUT2D eigenvalue weighted by Gasteiger charge is -2.26. The number of thiophene rings is 1. The van der Waals surface area contributed by atoms with E-state index in [1.807, 2.05) is 18.2 Å². The van der Waals surface area contributed by atoms with Crippen LogP contribution < -0.4 is 5.32 Å². The fourth-order valence-electron chi connectivity index (χ4n) is 2.80. The van der Waals surface area contributed by atoms with Crippen LogP contribution in [0.25, 0.3) is 10.2 Å². The van der Waals surface area contributed by atoms with Crippen molar-refractivity contribution in [1.82, 2.24) is 14.9 Å². The van der Waals surface area contributed by atoms with Gasteiger partial charge in [0.2, 0.25) is 0 Å². The lowest BCUT2D eigenvalue weighted by atomic mass is 10.2. The Kier molecular flexibility index (Phi) is 4.69. The van der Waals surface area contributed by atoms with Gasteiger partial charge >= 0.3 is 0 Å². The van der Waals surface area contributed by atoms with Crippen LogP contribution in [0.3, 0.4) is 0 Å². The van der Waals surface area contributed by atoms with Gasteiger partial charge in [-0.2, -0.15) is 0 Å². The maximum Gasteiger partial charge on any atom is 0.265 e. The number of nitrogens with zero attached hydrogens (tertiary/aromatic N) is 3. The van der Waals surface area contributed by atoms with Crippen LogP contribution in [0.4, 0.5) is 5.69 Å². The molecule has 0 saturated carbocycles. The molecule has 1 amide bonds. The molecule has 1 aliphatic heterocycles. The zero-order valence-electron chi connectivity index (χ0n) is 13.6. The van der Waals surface area contributed by atoms with Crippen molar-refractivity contribution in [2.45, 2.75) is 6.54 Å². The van der Waals surface area contributed by atoms with Crippen molar-refractivity contribution >= 4 is 33.1 Å². The van der Waals surface area contributed by atoms with E-state index in [2.05, 4.69) is 32.3 Å². The largest absolute Gasteiger partial charge is 0.379 e. The fourth-order valence-corrected chi connectivity index (χ4v) is 3.67. The lowest BCUT2D eigenvalue weighted by Crippen LogP contribution is -2.35. The number of hydrogen-bond acceptors (Lipinski definition) is 6. The number of carbonyl (C=O) groups is 1. The number of ether oxygens (including phenoxy) is 1. The van der Waals surface area contributed by atoms with E-state index < -0.39 is 0 Å². The minimum Gasteiger partial charge on any atom is -0.379 e. The summed E-state index contributed by atoms with van der Waals surface area (Å²) >= 11 is 1.37. The molecule has 0 aliphatic carbocycles. The molecule has 3 aromatic rings. The first kappa shape index (κ1) is 16.1. The number of fused-ring (bicyclic) bond motifs is 1. The molecule has 1 saturated heterocycles. The number of carbonyl (C=O) groups excluding carboxylic acids is 1. The molecule has 2 aromatic heterocycles. The summed E-state index contributed by atoms with van der Waals surface area (Å²) in [6, 6.07) is 9.83. The van der Waals surface area contributed by atoms with E-state index >= 15 is 0 Å². The first-order valence-corrected chi connectivity index (χ1v) is 8.99. The first-order chi connectivity index (χ1) is 12.3. The van der Waals surface area contributed by atoms with E-state index in [0.717, 1.165) is 48.8 Å². The predicted molar refractivity (Wildman–Crippen MR) is 97.9 cm³/mol. The Morgan fingerprint density at radius 2 is 2.04 bits per heavy atom. The van der Waals surface area contributed by atoms with Crippen molar-refractivity contribution < 1.29 is 9.53 Å². The van der Waals surface area contributed by atoms with E-state index in [-0.39, 0.29) is 5.91 Å². The van der Waals surface area contributed by atoms with Crippen molar-refractivity contribution in [1.29, 1.82) is 0 Å². The van der Waals surface area contributed by atoms with Gasteiger partial charge in [-0.1, -0.05) is 12.1 Å². The molecule has 25 heavy (non-hydrogen) atoms. The Morgan fingerprint density at radius 3 is 2.80 bits per heavy atom. The highest BCUT2D eigenvalue weighted by atomic mass is 32.1. The fraction of sp³-hybridized carbons (Fsp3) is 0.278. The lowest BCUT2D eigenvalue weighted by molar-refractivity contribution is 0.0342. The second kappa shape index (κ2) is 7.26. The maximum atomic E-state index is 12.4. The number of amides is 1. The maximum absolute atomic E-state index is 12.4. The Morgan fingerprint density at radius 1 is 1.24 bits per heavy atom. The van der Waals surface area contributed by atoms with Gasteiger partial charge in [-0.05, 0) is 23.8 Å². The van der Waals surface area contributed by atoms with Crippen molar-refractivity contribution in [3.8, 4) is 0 Å². The summed E-state index contributed by atoms with van der Waals surface area (Å²) in [7, 11) is 0. The number of anilines is 1. The van der Waals surface area contributed by atoms with Crippen molar-refractivity contribution in [3.63, 3.8) is 0 Å². The second-order valence-corrected chi connectivity index (χ2v) is 6.96. The van der Waals surface area contributed by atoms with E-state index in [1.54, 1.807) is 6.20 Å². The van der Waals surface area contributed by atoms with Gasteiger partial charge in [0.1, 0.15) is 11.2 Å². The number of nitrogens with one attached hydrogen (secondary N) is 1. The van der Waals surface area contributed by atoms with Crippen molar-refractivity contribution in [2.24, 2.45) is 0 Å². The Labute approximate surface area is 149 Å². The molecule has 0 radical (unpaired) electrons. The molecule has 128 valence electrons. The predicted octanol–water partition coefficient (Wildman–Crippen LogP) is 2.78. The molecule has 1 N–H and O–H groups in total. The average Bonchev–Trinajstić information content (AvgIpc) is 3.09. The molecule has 1 aromatic carbocycles. The highest BCUT2D eigenvalue weighted by Gasteiger charge is 2.13. The molecule has 0 bridgehead atoms. The standard InChI is InChI=1S/C18H18N4O2S/c23-17(16-9-14-10-19-12-20-18(14)25-16)21-15-3-1-13(2-4-15)11-22-5-7-24-8-6-22/h1-4,9-10,12H,5-8,11H2,(H,21,23). The minimum absolute atomic E-state index is 0.121. The number of rotatable bonds is 4. The monoisotopic (exact) mass is 354 g/mol. The van der Waals surface area contributed by atoms with Crippen LogP contribution in [0.1, 0.15) is 15.2 Å². The van der Waals surface area contributed by atoms with Crippen molar-refractivity contribution in [2.75, 3.05) is 31.6 Å². The molecular formula is C18H18N4O2S. The Balaban J connectivity index is 1.40. The Bertz CT molecular complexity index is 839. The highest BCUT2D eigenvalue weighted by Crippen LogP contribution is 2.23. The summed E-state index contributed by atoms with van der Waals surface area (Å²) in [6.07, 6.45) is 3.21. The van der Waals surface area contributed by atoms with Crippen LogP contribution in [0, 0.1) is 0 Å². The van der Waals surface area contributed by atoms with Gasteiger partial charge in [-0.3, -0.25) is 9.69 Å². The summed E-state index contributed by atoms with van der Waals surface area (Å²) in [6.45, 7) is 4.44. The van der Waals surface area contributed by atoms with Gasteiger partial charge in [0.05, 0.1) is 18.1 Å².